The van der Waals surface area contributed by atoms with E-state index < -0.39 is 23.4 Å². The van der Waals surface area contributed by atoms with Crippen LogP contribution in [-0.4, -0.2) is 39.5 Å². The minimum Gasteiger partial charge on any atom is -0.319 e. The molecule has 0 unspecified atom stereocenters. The SMILES string of the molecule is CC(C)Cc1nnc(NC(=O)CN2C(=O)N[C@](C)(c3ccccc3)C2=O)s1. The van der Waals surface area contributed by atoms with Crippen LogP contribution in [0.25, 0.3) is 0 Å². The second-order valence-corrected chi connectivity index (χ2v) is 8.02. The van der Waals surface area contributed by atoms with Gasteiger partial charge in [0.15, 0.2) is 0 Å². The lowest BCUT2D eigenvalue weighted by atomic mass is 9.92. The van der Waals surface area contributed by atoms with Crippen LogP contribution >= 0.6 is 11.3 Å². The van der Waals surface area contributed by atoms with Crippen LogP contribution in [0.5, 0.6) is 0 Å². The Labute approximate surface area is 161 Å². The highest BCUT2D eigenvalue weighted by molar-refractivity contribution is 7.15. The van der Waals surface area contributed by atoms with Gasteiger partial charge in [0.1, 0.15) is 17.1 Å². The molecule has 2 N–H and O–H groups in total. The third-order valence-electron chi connectivity index (χ3n) is 4.22. The molecule has 1 aromatic carbocycles. The first-order valence-electron chi connectivity index (χ1n) is 8.61. The number of nitrogens with zero attached hydrogens (tertiary/aromatic N) is 3. The van der Waals surface area contributed by atoms with Crippen molar-refractivity contribution in [1.29, 1.82) is 0 Å². The number of benzene rings is 1. The van der Waals surface area contributed by atoms with Crippen LogP contribution in [0.15, 0.2) is 30.3 Å². The van der Waals surface area contributed by atoms with Gasteiger partial charge in [-0.05, 0) is 18.4 Å². The Morgan fingerprint density at radius 2 is 1.96 bits per heavy atom. The van der Waals surface area contributed by atoms with Crippen LogP contribution in [0.1, 0.15) is 31.3 Å². The van der Waals surface area contributed by atoms with Crippen molar-refractivity contribution in [3.8, 4) is 0 Å². The molecule has 1 aliphatic heterocycles. The van der Waals surface area contributed by atoms with E-state index >= 15 is 0 Å². The second-order valence-electron chi connectivity index (χ2n) is 6.96. The van der Waals surface area contributed by atoms with E-state index in [9.17, 15) is 14.4 Å². The quantitative estimate of drug-likeness (QED) is 0.739. The molecule has 1 saturated heterocycles. The van der Waals surface area contributed by atoms with Gasteiger partial charge in [0, 0.05) is 6.42 Å². The maximum atomic E-state index is 12.8. The number of carbonyl (C=O) groups excluding carboxylic acids is 3. The second kappa shape index (κ2) is 7.43. The zero-order valence-corrected chi connectivity index (χ0v) is 16.2. The highest BCUT2D eigenvalue weighted by Crippen LogP contribution is 2.28. The average molecular weight is 387 g/mol. The topological polar surface area (TPSA) is 104 Å². The molecular weight excluding hydrogens is 366 g/mol. The van der Waals surface area contributed by atoms with Gasteiger partial charge in [-0.1, -0.05) is 55.5 Å². The Balaban J connectivity index is 1.67. The molecule has 2 heterocycles. The van der Waals surface area contributed by atoms with Gasteiger partial charge in [-0.25, -0.2) is 4.79 Å². The van der Waals surface area contributed by atoms with Crippen molar-refractivity contribution >= 4 is 34.3 Å². The fraction of sp³-hybridized carbons (Fsp3) is 0.389. The van der Waals surface area contributed by atoms with Crippen LogP contribution in [0, 0.1) is 5.92 Å². The van der Waals surface area contributed by atoms with Gasteiger partial charge >= 0.3 is 6.03 Å². The minimum absolute atomic E-state index is 0.355. The summed E-state index contributed by atoms with van der Waals surface area (Å²) in [6.07, 6.45) is 0.774. The molecule has 9 heteroatoms. The van der Waals surface area contributed by atoms with Crippen molar-refractivity contribution in [3.63, 3.8) is 0 Å². The fourth-order valence-electron chi connectivity index (χ4n) is 2.85. The molecule has 0 saturated carbocycles. The molecule has 1 fully saturated rings. The van der Waals surface area contributed by atoms with Crippen molar-refractivity contribution in [3.05, 3.63) is 40.9 Å². The van der Waals surface area contributed by atoms with Gasteiger partial charge in [-0.2, -0.15) is 0 Å². The van der Waals surface area contributed by atoms with Gasteiger partial charge in [-0.15, -0.1) is 10.2 Å². The van der Waals surface area contributed by atoms with E-state index in [4.69, 9.17) is 0 Å². The number of aromatic nitrogens is 2. The summed E-state index contributed by atoms with van der Waals surface area (Å²) in [4.78, 5) is 38.3. The Kier molecular flexibility index (Phi) is 5.22. The predicted molar refractivity (Wildman–Crippen MR) is 101 cm³/mol. The number of nitrogens with one attached hydrogen (secondary N) is 2. The predicted octanol–water partition coefficient (Wildman–Crippen LogP) is 2.14. The number of anilines is 1. The maximum absolute atomic E-state index is 12.8. The van der Waals surface area contributed by atoms with Gasteiger partial charge in [0.2, 0.25) is 11.0 Å². The normalized spacial score (nSPS) is 19.5. The number of hydrogen-bond acceptors (Lipinski definition) is 6. The number of rotatable bonds is 6. The molecule has 0 aliphatic carbocycles. The summed E-state index contributed by atoms with van der Waals surface area (Å²) < 4.78 is 0. The van der Waals surface area contributed by atoms with Crippen molar-refractivity contribution in [2.75, 3.05) is 11.9 Å². The van der Waals surface area contributed by atoms with Gasteiger partial charge in [0.25, 0.3) is 5.91 Å². The molecule has 1 aromatic heterocycles. The first-order valence-corrected chi connectivity index (χ1v) is 9.43. The van der Waals surface area contributed by atoms with E-state index in [-0.39, 0.29) is 6.54 Å². The lowest BCUT2D eigenvalue weighted by Crippen LogP contribution is -2.42. The monoisotopic (exact) mass is 387 g/mol. The highest BCUT2D eigenvalue weighted by Gasteiger charge is 2.49. The van der Waals surface area contributed by atoms with Crippen molar-refractivity contribution in [2.45, 2.75) is 32.7 Å². The summed E-state index contributed by atoms with van der Waals surface area (Å²) in [7, 11) is 0. The van der Waals surface area contributed by atoms with E-state index in [0.29, 0.717) is 16.6 Å². The standard InChI is InChI=1S/C18H21N5O3S/c1-11(2)9-14-21-22-16(27-14)19-13(24)10-23-15(25)18(3,20-17(23)26)12-7-5-4-6-8-12/h4-8,11H,9-10H2,1-3H3,(H,20,26)(H,19,22,24)/t18-/m1/s1. The molecule has 3 rings (SSSR count). The molecule has 1 atom stereocenters. The number of carbonyl (C=O) groups is 3. The number of amides is 4. The Hall–Kier alpha value is -2.81. The minimum atomic E-state index is -1.19. The van der Waals surface area contributed by atoms with E-state index in [0.717, 1.165) is 16.3 Å². The Morgan fingerprint density at radius 1 is 1.26 bits per heavy atom. The van der Waals surface area contributed by atoms with Crippen molar-refractivity contribution in [2.24, 2.45) is 5.92 Å². The molecule has 142 valence electrons. The fourth-order valence-corrected chi connectivity index (χ4v) is 3.81. The summed E-state index contributed by atoms with van der Waals surface area (Å²) in [5, 5.41) is 14.4. The third-order valence-corrected chi connectivity index (χ3v) is 5.08. The van der Waals surface area contributed by atoms with Gasteiger partial charge in [0.05, 0.1) is 0 Å². The number of urea groups is 1. The molecule has 0 bridgehead atoms. The van der Waals surface area contributed by atoms with Crippen molar-refractivity contribution in [1.82, 2.24) is 20.4 Å². The summed E-state index contributed by atoms with van der Waals surface area (Å²) in [5.74, 6) is -0.530. The zero-order chi connectivity index (χ0) is 19.6. The number of hydrogen-bond donors (Lipinski definition) is 2. The van der Waals surface area contributed by atoms with Gasteiger partial charge in [-0.3, -0.25) is 19.8 Å². The summed E-state index contributed by atoms with van der Waals surface area (Å²) >= 11 is 1.29. The van der Waals surface area contributed by atoms with E-state index in [1.807, 2.05) is 6.07 Å². The van der Waals surface area contributed by atoms with Crippen LogP contribution in [0.2, 0.25) is 0 Å². The molecule has 8 nitrogen and oxygen atoms in total. The summed E-state index contributed by atoms with van der Waals surface area (Å²) in [5.41, 5.74) is -0.528. The Bertz CT molecular complexity index is 867. The average Bonchev–Trinajstić information content (AvgIpc) is 3.13. The smallest absolute Gasteiger partial charge is 0.319 e. The van der Waals surface area contributed by atoms with E-state index in [1.54, 1.807) is 31.2 Å². The zero-order valence-electron chi connectivity index (χ0n) is 15.4. The Morgan fingerprint density at radius 3 is 2.63 bits per heavy atom. The van der Waals surface area contributed by atoms with Gasteiger partial charge < -0.3 is 5.32 Å². The molecule has 0 spiro atoms. The van der Waals surface area contributed by atoms with E-state index in [1.165, 1.54) is 11.3 Å². The molecule has 1 aliphatic rings. The first-order chi connectivity index (χ1) is 12.8. The summed E-state index contributed by atoms with van der Waals surface area (Å²) in [6.45, 7) is 5.39. The molecule has 0 radical (unpaired) electrons. The molecule has 2 aromatic rings. The molecular formula is C18H21N5O3S. The van der Waals surface area contributed by atoms with Crippen molar-refractivity contribution < 1.29 is 14.4 Å². The highest BCUT2D eigenvalue weighted by atomic mass is 32.1. The van der Waals surface area contributed by atoms with Crippen LogP contribution in [-0.2, 0) is 21.5 Å². The number of imide groups is 1. The van der Waals surface area contributed by atoms with Crippen LogP contribution in [0.3, 0.4) is 0 Å². The maximum Gasteiger partial charge on any atom is 0.325 e. The van der Waals surface area contributed by atoms with Crippen LogP contribution < -0.4 is 10.6 Å². The van der Waals surface area contributed by atoms with Crippen LogP contribution in [0.4, 0.5) is 9.93 Å². The van der Waals surface area contributed by atoms with E-state index in [2.05, 4.69) is 34.7 Å². The summed E-state index contributed by atoms with van der Waals surface area (Å²) in [6, 6.07) is 8.34. The largest absolute Gasteiger partial charge is 0.325 e. The first kappa shape index (κ1) is 19.0. The molecule has 4 amide bonds. The lowest BCUT2D eigenvalue weighted by Gasteiger charge is -2.21. The lowest BCUT2D eigenvalue weighted by molar-refractivity contribution is -0.133. The third kappa shape index (κ3) is 3.97. The molecule has 27 heavy (non-hydrogen) atoms.